The number of carbonyl (C=O) groups excluding carboxylic acids is 1. The van der Waals surface area contributed by atoms with E-state index in [0.29, 0.717) is 18.7 Å². The number of carboxylic acid groups (broad SMARTS) is 1. The molecule has 0 aliphatic rings. The predicted molar refractivity (Wildman–Crippen MR) is 83.5 cm³/mol. The lowest BCUT2D eigenvalue weighted by atomic mass is 9.92. The van der Waals surface area contributed by atoms with E-state index < -0.39 is 5.97 Å². The highest BCUT2D eigenvalue weighted by atomic mass is 16.4. The molecule has 21 heavy (non-hydrogen) atoms. The third-order valence-electron chi connectivity index (χ3n) is 3.00. The summed E-state index contributed by atoms with van der Waals surface area (Å²) in [5.41, 5.74) is 1.83. The molecule has 5 nitrogen and oxygen atoms in total. The van der Waals surface area contributed by atoms with Gasteiger partial charge in [-0.05, 0) is 36.0 Å². The summed E-state index contributed by atoms with van der Waals surface area (Å²) in [5.74, 6) is -0.810. The van der Waals surface area contributed by atoms with Crippen LogP contribution in [0.25, 0.3) is 0 Å². The second-order valence-electron chi connectivity index (χ2n) is 6.28. The number of benzene rings is 1. The van der Waals surface area contributed by atoms with Gasteiger partial charge in [0.1, 0.15) is 0 Å². The second kappa shape index (κ2) is 7.67. The fourth-order valence-electron chi connectivity index (χ4n) is 1.73. The third kappa shape index (κ3) is 7.97. The molecule has 0 heterocycles. The Morgan fingerprint density at radius 1 is 1.14 bits per heavy atom. The molecule has 0 bridgehead atoms. The summed E-state index contributed by atoms with van der Waals surface area (Å²) < 4.78 is 0. The maximum absolute atomic E-state index is 11.7. The average Bonchev–Trinajstić information content (AvgIpc) is 2.36. The molecule has 116 valence electrons. The minimum Gasteiger partial charge on any atom is -0.481 e. The molecule has 3 N–H and O–H groups in total. The van der Waals surface area contributed by atoms with Crippen molar-refractivity contribution >= 4 is 17.7 Å². The zero-order valence-electron chi connectivity index (χ0n) is 12.9. The van der Waals surface area contributed by atoms with Crippen LogP contribution < -0.4 is 10.6 Å². The van der Waals surface area contributed by atoms with Gasteiger partial charge in [0.2, 0.25) is 0 Å². The highest BCUT2D eigenvalue weighted by Crippen LogP contribution is 2.17. The normalized spacial score (nSPS) is 11.0. The van der Waals surface area contributed by atoms with E-state index in [9.17, 15) is 9.59 Å². The first-order valence-electron chi connectivity index (χ1n) is 7.12. The van der Waals surface area contributed by atoms with Gasteiger partial charge in [-0.3, -0.25) is 4.79 Å². The zero-order chi connectivity index (χ0) is 15.9. The maximum Gasteiger partial charge on any atom is 0.319 e. The Morgan fingerprint density at radius 2 is 1.76 bits per heavy atom. The molecule has 1 aromatic rings. The quantitative estimate of drug-likeness (QED) is 0.753. The van der Waals surface area contributed by atoms with Crippen LogP contribution in [0.5, 0.6) is 0 Å². The minimum atomic E-state index is -0.810. The number of aryl methyl sites for hydroxylation is 1. The van der Waals surface area contributed by atoms with Crippen molar-refractivity contribution in [2.45, 2.75) is 40.0 Å². The lowest BCUT2D eigenvalue weighted by Gasteiger charge is -2.18. The molecule has 0 unspecified atom stereocenters. The fourth-order valence-corrected chi connectivity index (χ4v) is 1.73. The molecule has 0 spiro atoms. The molecule has 0 saturated carbocycles. The number of hydrogen-bond acceptors (Lipinski definition) is 2. The van der Waals surface area contributed by atoms with Crippen molar-refractivity contribution in [1.29, 1.82) is 0 Å². The molecule has 0 saturated heterocycles. The molecule has 0 fully saturated rings. The number of urea groups is 1. The van der Waals surface area contributed by atoms with Gasteiger partial charge in [-0.2, -0.15) is 0 Å². The van der Waals surface area contributed by atoms with E-state index in [1.54, 1.807) is 12.1 Å². The Balaban J connectivity index is 2.37. The van der Waals surface area contributed by atoms with Crippen molar-refractivity contribution < 1.29 is 14.7 Å². The molecular weight excluding hydrogens is 268 g/mol. The van der Waals surface area contributed by atoms with E-state index in [0.717, 1.165) is 12.0 Å². The summed E-state index contributed by atoms with van der Waals surface area (Å²) in [4.78, 5) is 22.2. The molecule has 1 rings (SSSR count). The van der Waals surface area contributed by atoms with Gasteiger partial charge in [0.05, 0.1) is 0 Å². The lowest BCUT2D eigenvalue weighted by Crippen LogP contribution is -2.31. The summed E-state index contributed by atoms with van der Waals surface area (Å²) in [5, 5.41) is 14.2. The molecule has 0 aromatic heterocycles. The number of hydrogen-bond donors (Lipinski definition) is 3. The Kier molecular flexibility index (Phi) is 6.21. The van der Waals surface area contributed by atoms with Crippen LogP contribution in [0.4, 0.5) is 10.5 Å². The topological polar surface area (TPSA) is 78.4 Å². The van der Waals surface area contributed by atoms with E-state index in [4.69, 9.17) is 5.11 Å². The van der Waals surface area contributed by atoms with Gasteiger partial charge in [-0.15, -0.1) is 0 Å². The molecule has 0 atom stereocenters. The highest BCUT2D eigenvalue weighted by molar-refractivity contribution is 5.89. The van der Waals surface area contributed by atoms with Gasteiger partial charge in [-0.25, -0.2) is 4.79 Å². The Hall–Kier alpha value is -2.04. The lowest BCUT2D eigenvalue weighted by molar-refractivity contribution is -0.136. The summed E-state index contributed by atoms with van der Waals surface area (Å²) in [6, 6.07) is 6.99. The summed E-state index contributed by atoms with van der Waals surface area (Å²) in [6.45, 7) is 7.01. The van der Waals surface area contributed by atoms with E-state index >= 15 is 0 Å². The number of carbonyl (C=O) groups is 2. The molecule has 0 aliphatic heterocycles. The SMILES string of the molecule is CC(C)(C)CCNC(=O)Nc1ccc(CCC(=O)O)cc1. The molecular formula is C16H24N2O3. The van der Waals surface area contributed by atoms with E-state index in [1.165, 1.54) is 0 Å². The van der Waals surface area contributed by atoms with Crippen LogP contribution in [0.15, 0.2) is 24.3 Å². The van der Waals surface area contributed by atoms with Crippen LogP contribution >= 0.6 is 0 Å². The van der Waals surface area contributed by atoms with Crippen molar-refractivity contribution in [3.05, 3.63) is 29.8 Å². The van der Waals surface area contributed by atoms with Gasteiger partial charge < -0.3 is 15.7 Å². The average molecular weight is 292 g/mol. The Bertz CT molecular complexity index is 475. The van der Waals surface area contributed by atoms with Crippen molar-refractivity contribution in [2.75, 3.05) is 11.9 Å². The van der Waals surface area contributed by atoms with Gasteiger partial charge in [0.15, 0.2) is 0 Å². The van der Waals surface area contributed by atoms with Crippen LogP contribution in [0.3, 0.4) is 0 Å². The standard InChI is InChI=1S/C16H24N2O3/c1-16(2,3)10-11-17-15(21)18-13-7-4-12(5-8-13)6-9-14(19)20/h4-5,7-8H,6,9-11H2,1-3H3,(H,19,20)(H2,17,18,21). The molecule has 0 aliphatic carbocycles. The van der Waals surface area contributed by atoms with Crippen LogP contribution in [0.1, 0.15) is 39.2 Å². The summed E-state index contributed by atoms with van der Waals surface area (Å²) in [6.07, 6.45) is 1.52. The van der Waals surface area contributed by atoms with Crippen LogP contribution in [0, 0.1) is 5.41 Å². The highest BCUT2D eigenvalue weighted by Gasteiger charge is 2.10. The first-order chi connectivity index (χ1) is 9.76. The number of anilines is 1. The first-order valence-corrected chi connectivity index (χ1v) is 7.12. The van der Waals surface area contributed by atoms with Gasteiger partial charge >= 0.3 is 12.0 Å². The predicted octanol–water partition coefficient (Wildman–Crippen LogP) is 3.26. The van der Waals surface area contributed by atoms with Crippen molar-refractivity contribution in [1.82, 2.24) is 5.32 Å². The largest absolute Gasteiger partial charge is 0.481 e. The number of amides is 2. The van der Waals surface area contributed by atoms with E-state index in [1.807, 2.05) is 12.1 Å². The molecule has 0 radical (unpaired) electrons. The third-order valence-corrected chi connectivity index (χ3v) is 3.00. The van der Waals surface area contributed by atoms with E-state index in [-0.39, 0.29) is 17.9 Å². The number of rotatable bonds is 6. The van der Waals surface area contributed by atoms with Crippen LogP contribution in [0.2, 0.25) is 0 Å². The number of carboxylic acids is 1. The number of nitrogens with one attached hydrogen (secondary N) is 2. The summed E-state index contributed by atoms with van der Waals surface area (Å²) in [7, 11) is 0. The zero-order valence-corrected chi connectivity index (χ0v) is 12.9. The Labute approximate surface area is 125 Å². The monoisotopic (exact) mass is 292 g/mol. The number of aliphatic carboxylic acids is 1. The molecule has 5 heteroatoms. The van der Waals surface area contributed by atoms with Crippen molar-refractivity contribution in [3.63, 3.8) is 0 Å². The van der Waals surface area contributed by atoms with Crippen LogP contribution in [-0.4, -0.2) is 23.7 Å². The van der Waals surface area contributed by atoms with Crippen LogP contribution in [-0.2, 0) is 11.2 Å². The molecule has 2 amide bonds. The van der Waals surface area contributed by atoms with E-state index in [2.05, 4.69) is 31.4 Å². The van der Waals surface area contributed by atoms with Crippen molar-refractivity contribution in [2.24, 2.45) is 5.41 Å². The Morgan fingerprint density at radius 3 is 2.29 bits per heavy atom. The minimum absolute atomic E-state index is 0.111. The fraction of sp³-hybridized carbons (Fsp3) is 0.500. The smallest absolute Gasteiger partial charge is 0.319 e. The maximum atomic E-state index is 11.7. The van der Waals surface area contributed by atoms with Gasteiger partial charge in [0.25, 0.3) is 0 Å². The second-order valence-corrected chi connectivity index (χ2v) is 6.28. The first kappa shape index (κ1) is 17.0. The summed E-state index contributed by atoms with van der Waals surface area (Å²) >= 11 is 0. The van der Waals surface area contributed by atoms with Gasteiger partial charge in [-0.1, -0.05) is 32.9 Å². The van der Waals surface area contributed by atoms with Gasteiger partial charge in [0, 0.05) is 18.7 Å². The van der Waals surface area contributed by atoms with Crippen molar-refractivity contribution in [3.8, 4) is 0 Å². The molecule has 1 aromatic carbocycles.